The number of ether oxygens (including phenoxy) is 2. The Morgan fingerprint density at radius 1 is 1.16 bits per heavy atom. The average Bonchev–Trinajstić information content (AvgIpc) is 2.42. The first-order valence-corrected chi connectivity index (χ1v) is 6.72. The van der Waals surface area contributed by atoms with Crippen molar-refractivity contribution in [2.75, 3.05) is 13.2 Å². The number of carboxylic acids is 1. The number of carbonyl (C=O) groups is 1. The quantitative estimate of drug-likeness (QED) is 0.783. The smallest absolute Gasteiger partial charge is 0.310 e. The summed E-state index contributed by atoms with van der Waals surface area (Å²) in [5, 5.41) is 9.04. The summed E-state index contributed by atoms with van der Waals surface area (Å²) in [6, 6.07) is 5.33. The van der Waals surface area contributed by atoms with E-state index in [-0.39, 0.29) is 0 Å². The van der Waals surface area contributed by atoms with Gasteiger partial charge in [-0.25, -0.2) is 0 Å². The Kier molecular flexibility index (Phi) is 6.19. The van der Waals surface area contributed by atoms with Crippen LogP contribution < -0.4 is 9.47 Å². The zero-order valence-electron chi connectivity index (χ0n) is 11.8. The van der Waals surface area contributed by atoms with Gasteiger partial charge in [0.1, 0.15) is 0 Å². The number of benzene rings is 1. The highest BCUT2D eigenvalue weighted by atomic mass is 16.5. The summed E-state index contributed by atoms with van der Waals surface area (Å²) >= 11 is 0. The van der Waals surface area contributed by atoms with Crippen LogP contribution in [-0.4, -0.2) is 24.3 Å². The summed E-state index contributed by atoms with van der Waals surface area (Å²) < 4.78 is 11.2. The molecule has 0 aromatic heterocycles. The molecule has 0 aliphatic carbocycles. The van der Waals surface area contributed by atoms with Crippen molar-refractivity contribution < 1.29 is 19.4 Å². The second kappa shape index (κ2) is 7.67. The van der Waals surface area contributed by atoms with Crippen LogP contribution in [0.4, 0.5) is 0 Å². The van der Waals surface area contributed by atoms with E-state index in [1.54, 1.807) is 25.1 Å². The molecule has 1 rings (SSSR count). The molecule has 0 saturated heterocycles. The first-order chi connectivity index (χ1) is 9.10. The maximum absolute atomic E-state index is 11.0. The van der Waals surface area contributed by atoms with Gasteiger partial charge in [-0.05, 0) is 37.5 Å². The first kappa shape index (κ1) is 15.3. The lowest BCUT2D eigenvalue weighted by molar-refractivity contribution is -0.138. The predicted molar refractivity (Wildman–Crippen MR) is 74.1 cm³/mol. The molecule has 19 heavy (non-hydrogen) atoms. The van der Waals surface area contributed by atoms with Gasteiger partial charge in [-0.3, -0.25) is 4.79 Å². The second-order valence-corrected chi connectivity index (χ2v) is 4.46. The molecule has 0 fully saturated rings. The van der Waals surface area contributed by atoms with Crippen LogP contribution in [0.5, 0.6) is 11.5 Å². The molecule has 1 aromatic carbocycles. The average molecular weight is 266 g/mol. The minimum atomic E-state index is -0.844. The molecule has 106 valence electrons. The summed E-state index contributed by atoms with van der Waals surface area (Å²) in [5.41, 5.74) is 0.724. The van der Waals surface area contributed by atoms with Crippen molar-refractivity contribution >= 4 is 5.97 Å². The summed E-state index contributed by atoms with van der Waals surface area (Å²) in [6.07, 6.45) is 1.81. The Labute approximate surface area is 114 Å². The molecule has 0 aliphatic rings. The lowest BCUT2D eigenvalue weighted by Crippen LogP contribution is -2.08. The van der Waals surface area contributed by atoms with E-state index in [4.69, 9.17) is 14.6 Å². The third-order valence-corrected chi connectivity index (χ3v) is 2.76. The van der Waals surface area contributed by atoms with E-state index in [0.29, 0.717) is 24.7 Å². The van der Waals surface area contributed by atoms with E-state index < -0.39 is 11.9 Å². The fourth-order valence-corrected chi connectivity index (χ4v) is 1.59. The van der Waals surface area contributed by atoms with Crippen molar-refractivity contribution in [2.45, 2.75) is 39.5 Å². The monoisotopic (exact) mass is 266 g/mol. The highest BCUT2D eigenvalue weighted by Gasteiger charge is 2.16. The highest BCUT2D eigenvalue weighted by molar-refractivity contribution is 5.75. The van der Waals surface area contributed by atoms with Gasteiger partial charge in [0.2, 0.25) is 0 Å². The zero-order valence-corrected chi connectivity index (χ0v) is 11.8. The molecular formula is C15H22O4. The van der Waals surface area contributed by atoms with Crippen molar-refractivity contribution in [3.63, 3.8) is 0 Å². The van der Waals surface area contributed by atoms with Crippen molar-refractivity contribution in [1.82, 2.24) is 0 Å². The summed E-state index contributed by atoms with van der Waals surface area (Å²) in [6.45, 7) is 6.93. The fraction of sp³-hybridized carbons (Fsp3) is 0.533. The van der Waals surface area contributed by atoms with E-state index in [1.807, 2.05) is 13.8 Å². The van der Waals surface area contributed by atoms with Gasteiger partial charge in [-0.15, -0.1) is 0 Å². The molecule has 0 bridgehead atoms. The van der Waals surface area contributed by atoms with Crippen molar-refractivity contribution in [1.29, 1.82) is 0 Å². The normalized spacial score (nSPS) is 11.9. The van der Waals surface area contributed by atoms with Crippen LogP contribution in [0.3, 0.4) is 0 Å². The SMILES string of the molecule is CCCOc1ccc(C(C)C(=O)O)cc1OCCC. The number of carboxylic acid groups (broad SMARTS) is 1. The van der Waals surface area contributed by atoms with Gasteiger partial charge in [0.25, 0.3) is 0 Å². The van der Waals surface area contributed by atoms with Crippen molar-refractivity contribution in [3.8, 4) is 11.5 Å². The first-order valence-electron chi connectivity index (χ1n) is 6.72. The van der Waals surface area contributed by atoms with Gasteiger partial charge in [-0.1, -0.05) is 19.9 Å². The maximum atomic E-state index is 11.0. The van der Waals surface area contributed by atoms with Crippen molar-refractivity contribution in [2.24, 2.45) is 0 Å². The molecule has 0 radical (unpaired) electrons. The van der Waals surface area contributed by atoms with Crippen LogP contribution in [0.25, 0.3) is 0 Å². The Balaban J connectivity index is 2.96. The third kappa shape index (κ3) is 4.47. The van der Waals surface area contributed by atoms with Crippen molar-refractivity contribution in [3.05, 3.63) is 23.8 Å². The Morgan fingerprint density at radius 2 is 1.74 bits per heavy atom. The number of rotatable bonds is 8. The van der Waals surface area contributed by atoms with Gasteiger partial charge in [0.15, 0.2) is 11.5 Å². The largest absolute Gasteiger partial charge is 0.490 e. The molecule has 0 aliphatic heterocycles. The van der Waals surface area contributed by atoms with E-state index in [2.05, 4.69) is 0 Å². The summed E-state index contributed by atoms with van der Waals surface area (Å²) in [4.78, 5) is 11.0. The van der Waals surface area contributed by atoms with Crippen LogP contribution in [-0.2, 0) is 4.79 Å². The van der Waals surface area contributed by atoms with E-state index in [0.717, 1.165) is 18.4 Å². The molecule has 4 nitrogen and oxygen atoms in total. The number of aliphatic carboxylic acids is 1. The molecule has 0 heterocycles. The molecule has 1 N–H and O–H groups in total. The van der Waals surface area contributed by atoms with Gasteiger partial charge in [-0.2, -0.15) is 0 Å². The summed E-state index contributed by atoms with van der Waals surface area (Å²) in [5.74, 6) is -0.0922. The van der Waals surface area contributed by atoms with Crippen LogP contribution in [0.2, 0.25) is 0 Å². The Bertz CT molecular complexity index is 415. The van der Waals surface area contributed by atoms with Gasteiger partial charge < -0.3 is 14.6 Å². The fourth-order valence-electron chi connectivity index (χ4n) is 1.59. The molecule has 0 spiro atoms. The molecule has 4 heteroatoms. The lowest BCUT2D eigenvalue weighted by atomic mass is 10.0. The maximum Gasteiger partial charge on any atom is 0.310 e. The predicted octanol–water partition coefficient (Wildman–Crippen LogP) is 3.45. The van der Waals surface area contributed by atoms with E-state index >= 15 is 0 Å². The van der Waals surface area contributed by atoms with Gasteiger partial charge >= 0.3 is 5.97 Å². The van der Waals surface area contributed by atoms with Crippen LogP contribution in [0, 0.1) is 0 Å². The lowest BCUT2D eigenvalue weighted by Gasteiger charge is -2.15. The highest BCUT2D eigenvalue weighted by Crippen LogP contribution is 2.31. The second-order valence-electron chi connectivity index (χ2n) is 4.46. The standard InChI is InChI=1S/C15H22O4/c1-4-8-18-13-7-6-12(11(3)15(16)17)10-14(13)19-9-5-2/h6-7,10-11H,4-5,8-9H2,1-3H3,(H,16,17). The van der Waals surface area contributed by atoms with E-state index in [1.165, 1.54) is 0 Å². The molecule has 1 aromatic rings. The number of hydrogen-bond donors (Lipinski definition) is 1. The Hall–Kier alpha value is -1.71. The molecule has 0 amide bonds. The van der Waals surface area contributed by atoms with Crippen LogP contribution in [0.15, 0.2) is 18.2 Å². The Morgan fingerprint density at radius 3 is 2.26 bits per heavy atom. The zero-order chi connectivity index (χ0) is 14.3. The van der Waals surface area contributed by atoms with Crippen LogP contribution >= 0.6 is 0 Å². The molecular weight excluding hydrogens is 244 g/mol. The molecule has 1 unspecified atom stereocenters. The summed E-state index contributed by atoms with van der Waals surface area (Å²) in [7, 11) is 0. The van der Waals surface area contributed by atoms with Crippen LogP contribution in [0.1, 0.15) is 45.1 Å². The van der Waals surface area contributed by atoms with Gasteiger partial charge in [0.05, 0.1) is 19.1 Å². The van der Waals surface area contributed by atoms with E-state index in [9.17, 15) is 4.79 Å². The third-order valence-electron chi connectivity index (χ3n) is 2.76. The molecule has 1 atom stereocenters. The minimum absolute atomic E-state index is 0.552. The number of hydrogen-bond acceptors (Lipinski definition) is 3. The topological polar surface area (TPSA) is 55.8 Å². The van der Waals surface area contributed by atoms with Gasteiger partial charge in [0, 0.05) is 0 Å². The minimum Gasteiger partial charge on any atom is -0.490 e. The molecule has 0 saturated carbocycles.